The highest BCUT2D eigenvalue weighted by atomic mass is 19.4. The van der Waals surface area contributed by atoms with Crippen LogP contribution in [0.4, 0.5) is 13.2 Å². The lowest BCUT2D eigenvalue weighted by molar-refractivity contribution is -0.0884. The standard InChI is InChI=1S/C13H7F3O3/c14-13(15,16)12(18)10-4-2-1-3-9(10)11-6-5-8(7-17)19-11/h1-7H. The second-order valence-corrected chi connectivity index (χ2v) is 3.69. The van der Waals surface area contributed by atoms with Gasteiger partial charge in [0.25, 0.3) is 5.78 Å². The van der Waals surface area contributed by atoms with E-state index in [2.05, 4.69) is 0 Å². The van der Waals surface area contributed by atoms with E-state index in [1.807, 2.05) is 0 Å². The number of hydrogen-bond donors (Lipinski definition) is 0. The van der Waals surface area contributed by atoms with E-state index in [9.17, 15) is 22.8 Å². The topological polar surface area (TPSA) is 47.3 Å². The van der Waals surface area contributed by atoms with Crippen LogP contribution >= 0.6 is 0 Å². The van der Waals surface area contributed by atoms with Gasteiger partial charge in [0.1, 0.15) is 5.76 Å². The van der Waals surface area contributed by atoms with E-state index < -0.39 is 17.5 Å². The van der Waals surface area contributed by atoms with Crippen LogP contribution in [0.1, 0.15) is 20.9 Å². The molecule has 0 saturated heterocycles. The first-order valence-electron chi connectivity index (χ1n) is 5.19. The molecule has 0 unspecified atom stereocenters. The molecule has 2 rings (SSSR count). The lowest BCUT2D eigenvalue weighted by Gasteiger charge is -2.08. The van der Waals surface area contributed by atoms with Crippen LogP contribution in [0.5, 0.6) is 0 Å². The number of alkyl halides is 3. The van der Waals surface area contributed by atoms with E-state index >= 15 is 0 Å². The van der Waals surface area contributed by atoms with E-state index in [0.29, 0.717) is 6.29 Å². The summed E-state index contributed by atoms with van der Waals surface area (Å²) in [6.07, 6.45) is -4.53. The van der Waals surface area contributed by atoms with Gasteiger partial charge in [-0.3, -0.25) is 9.59 Å². The summed E-state index contributed by atoms with van der Waals surface area (Å²) < 4.78 is 42.4. The molecule has 98 valence electrons. The lowest BCUT2D eigenvalue weighted by Crippen LogP contribution is -2.23. The van der Waals surface area contributed by atoms with Gasteiger partial charge in [-0.1, -0.05) is 24.3 Å². The van der Waals surface area contributed by atoms with Crippen molar-refractivity contribution >= 4 is 12.1 Å². The summed E-state index contributed by atoms with van der Waals surface area (Å²) in [7, 11) is 0. The van der Waals surface area contributed by atoms with Gasteiger partial charge in [0.15, 0.2) is 12.0 Å². The summed E-state index contributed by atoms with van der Waals surface area (Å²) in [5.41, 5.74) is -0.514. The number of aldehydes is 1. The average molecular weight is 268 g/mol. The third kappa shape index (κ3) is 2.57. The second kappa shape index (κ2) is 4.72. The number of benzene rings is 1. The maximum atomic E-state index is 12.5. The van der Waals surface area contributed by atoms with Crippen molar-refractivity contribution in [3.8, 4) is 11.3 Å². The SMILES string of the molecule is O=Cc1ccc(-c2ccccc2C(=O)C(F)(F)F)o1. The summed E-state index contributed by atoms with van der Waals surface area (Å²) in [4.78, 5) is 21.8. The first kappa shape index (κ1) is 13.1. The molecule has 0 spiro atoms. The number of rotatable bonds is 3. The number of Topliss-reactive ketones (excluding diaryl/α,β-unsaturated/α-hetero) is 1. The van der Waals surface area contributed by atoms with Crippen LogP contribution in [0, 0.1) is 0 Å². The van der Waals surface area contributed by atoms with Crippen molar-refractivity contribution in [3.63, 3.8) is 0 Å². The molecule has 0 aliphatic heterocycles. The van der Waals surface area contributed by atoms with E-state index in [1.54, 1.807) is 0 Å². The maximum Gasteiger partial charge on any atom is 0.454 e. The first-order valence-corrected chi connectivity index (χ1v) is 5.19. The zero-order chi connectivity index (χ0) is 14.0. The van der Waals surface area contributed by atoms with Crippen LogP contribution in [-0.4, -0.2) is 18.2 Å². The number of carbonyl (C=O) groups excluding carboxylic acids is 2. The molecule has 6 heteroatoms. The molecule has 0 amide bonds. The van der Waals surface area contributed by atoms with Crippen molar-refractivity contribution in [2.45, 2.75) is 6.18 Å². The molecule has 0 saturated carbocycles. The molecular formula is C13H7F3O3. The summed E-state index contributed by atoms with van der Waals surface area (Å²) in [5.74, 6) is -1.94. The Hall–Kier alpha value is -2.37. The lowest BCUT2D eigenvalue weighted by atomic mass is 10.0. The molecule has 0 N–H and O–H groups in total. The highest BCUT2D eigenvalue weighted by molar-refractivity contribution is 6.05. The summed E-state index contributed by atoms with van der Waals surface area (Å²) in [5, 5.41) is 0. The van der Waals surface area contributed by atoms with Crippen molar-refractivity contribution in [2.75, 3.05) is 0 Å². The Morgan fingerprint density at radius 2 is 1.79 bits per heavy atom. The largest absolute Gasteiger partial charge is 0.454 e. The molecule has 3 nitrogen and oxygen atoms in total. The number of halogens is 3. The fraction of sp³-hybridized carbons (Fsp3) is 0.0769. The van der Waals surface area contributed by atoms with Crippen molar-refractivity contribution in [1.82, 2.24) is 0 Å². The fourth-order valence-corrected chi connectivity index (χ4v) is 1.61. The zero-order valence-electron chi connectivity index (χ0n) is 9.40. The molecule has 0 bridgehead atoms. The van der Waals surface area contributed by atoms with E-state index in [1.165, 1.54) is 30.3 Å². The molecule has 0 aliphatic carbocycles. The number of hydrogen-bond acceptors (Lipinski definition) is 3. The summed E-state index contributed by atoms with van der Waals surface area (Å²) in [6, 6.07) is 7.85. The molecule has 1 aromatic carbocycles. The normalized spacial score (nSPS) is 11.3. The molecular weight excluding hydrogens is 261 g/mol. The number of furan rings is 1. The summed E-state index contributed by atoms with van der Waals surface area (Å²) >= 11 is 0. The minimum Gasteiger partial charge on any atom is -0.453 e. The quantitative estimate of drug-likeness (QED) is 0.632. The maximum absolute atomic E-state index is 12.5. The molecule has 1 heterocycles. The number of ketones is 1. The molecule has 0 fully saturated rings. The van der Waals surface area contributed by atoms with Gasteiger partial charge in [0.2, 0.25) is 0 Å². The predicted octanol–water partition coefficient (Wildman–Crippen LogP) is 3.50. The Balaban J connectivity index is 2.53. The third-order valence-corrected chi connectivity index (χ3v) is 2.44. The smallest absolute Gasteiger partial charge is 0.453 e. The van der Waals surface area contributed by atoms with E-state index in [0.717, 1.165) is 6.07 Å². The van der Waals surface area contributed by atoms with Crippen LogP contribution in [0.25, 0.3) is 11.3 Å². The Morgan fingerprint density at radius 1 is 1.11 bits per heavy atom. The van der Waals surface area contributed by atoms with Gasteiger partial charge >= 0.3 is 6.18 Å². The van der Waals surface area contributed by atoms with Crippen molar-refractivity contribution in [3.05, 3.63) is 47.7 Å². The van der Waals surface area contributed by atoms with E-state index in [-0.39, 0.29) is 17.1 Å². The predicted molar refractivity (Wildman–Crippen MR) is 59.9 cm³/mol. The molecule has 0 atom stereocenters. The number of carbonyl (C=O) groups is 2. The Kier molecular flexibility index (Phi) is 3.25. The van der Waals surface area contributed by atoms with Crippen LogP contribution in [-0.2, 0) is 0 Å². The van der Waals surface area contributed by atoms with Crippen molar-refractivity contribution in [1.29, 1.82) is 0 Å². The minimum absolute atomic E-state index is 0.00192. The monoisotopic (exact) mass is 268 g/mol. The van der Waals surface area contributed by atoms with Crippen LogP contribution in [0.15, 0.2) is 40.8 Å². The molecule has 0 aliphatic rings. The molecule has 1 aromatic heterocycles. The van der Waals surface area contributed by atoms with Crippen molar-refractivity contribution in [2.24, 2.45) is 0 Å². The minimum atomic E-state index is -4.96. The van der Waals surface area contributed by atoms with Gasteiger partial charge < -0.3 is 4.42 Å². The van der Waals surface area contributed by atoms with Gasteiger partial charge in [-0.2, -0.15) is 13.2 Å². The zero-order valence-corrected chi connectivity index (χ0v) is 9.40. The van der Waals surface area contributed by atoms with Gasteiger partial charge in [-0.05, 0) is 12.1 Å². The Bertz CT molecular complexity index is 626. The highest BCUT2D eigenvalue weighted by Crippen LogP contribution is 2.30. The van der Waals surface area contributed by atoms with E-state index in [4.69, 9.17) is 4.42 Å². The second-order valence-electron chi connectivity index (χ2n) is 3.69. The third-order valence-electron chi connectivity index (χ3n) is 2.44. The van der Waals surface area contributed by atoms with Gasteiger partial charge in [-0.25, -0.2) is 0 Å². The van der Waals surface area contributed by atoms with Crippen LogP contribution < -0.4 is 0 Å². The Morgan fingerprint density at radius 3 is 2.37 bits per heavy atom. The van der Waals surface area contributed by atoms with Crippen LogP contribution in [0.2, 0.25) is 0 Å². The van der Waals surface area contributed by atoms with Gasteiger partial charge in [0, 0.05) is 11.1 Å². The molecule has 2 aromatic rings. The average Bonchev–Trinajstić information content (AvgIpc) is 2.85. The Labute approximate surface area is 105 Å². The van der Waals surface area contributed by atoms with Crippen LogP contribution in [0.3, 0.4) is 0 Å². The van der Waals surface area contributed by atoms with Crippen molar-refractivity contribution < 1.29 is 27.2 Å². The van der Waals surface area contributed by atoms with Gasteiger partial charge in [-0.15, -0.1) is 0 Å². The summed E-state index contributed by atoms with van der Waals surface area (Å²) in [6.45, 7) is 0. The first-order chi connectivity index (χ1) is 8.93. The van der Waals surface area contributed by atoms with Gasteiger partial charge in [0.05, 0.1) is 0 Å². The molecule has 0 radical (unpaired) electrons. The molecule has 19 heavy (non-hydrogen) atoms. The highest BCUT2D eigenvalue weighted by Gasteiger charge is 2.40. The fourth-order valence-electron chi connectivity index (χ4n) is 1.61.